The van der Waals surface area contributed by atoms with Gasteiger partial charge in [0.05, 0.1) is 18.6 Å². The van der Waals surface area contributed by atoms with E-state index in [1.54, 1.807) is 49.4 Å². The molecule has 0 unspecified atom stereocenters. The first-order valence-electron chi connectivity index (χ1n) is 11.9. The minimum atomic E-state index is -0.711. The fourth-order valence-corrected chi connectivity index (χ4v) is 3.81. The van der Waals surface area contributed by atoms with E-state index in [0.29, 0.717) is 28.9 Å². The van der Waals surface area contributed by atoms with Crippen LogP contribution >= 0.6 is 0 Å². The highest BCUT2D eigenvalue weighted by Crippen LogP contribution is 2.23. The van der Waals surface area contributed by atoms with Crippen LogP contribution in [0.15, 0.2) is 82.0 Å². The Bertz CT molecular complexity index is 1420. The van der Waals surface area contributed by atoms with Gasteiger partial charge in [-0.15, -0.1) is 0 Å². The molecular formula is C30H27FO5. The summed E-state index contributed by atoms with van der Waals surface area (Å²) in [5.74, 6) is -0.842. The Morgan fingerprint density at radius 2 is 1.75 bits per heavy atom. The van der Waals surface area contributed by atoms with Gasteiger partial charge in [0, 0.05) is 23.3 Å². The summed E-state index contributed by atoms with van der Waals surface area (Å²) in [4.78, 5) is 24.5. The van der Waals surface area contributed by atoms with Crippen LogP contribution in [-0.4, -0.2) is 19.2 Å². The summed E-state index contributed by atoms with van der Waals surface area (Å²) in [6, 6.07) is 21.1. The van der Waals surface area contributed by atoms with E-state index in [1.807, 2.05) is 18.2 Å². The topological polar surface area (TPSA) is 65.7 Å². The maximum absolute atomic E-state index is 14.7. The van der Waals surface area contributed by atoms with E-state index in [9.17, 15) is 14.0 Å². The van der Waals surface area contributed by atoms with Gasteiger partial charge in [0.15, 0.2) is 5.43 Å². The van der Waals surface area contributed by atoms with Gasteiger partial charge in [-0.2, -0.15) is 0 Å². The normalized spacial score (nSPS) is 11.2. The van der Waals surface area contributed by atoms with Gasteiger partial charge in [0.25, 0.3) is 0 Å². The molecule has 184 valence electrons. The second kappa shape index (κ2) is 12.0. The number of carbonyl (C=O) groups is 1. The second-order valence-electron chi connectivity index (χ2n) is 8.23. The number of ether oxygens (including phenoxy) is 2. The summed E-state index contributed by atoms with van der Waals surface area (Å²) >= 11 is 0. The van der Waals surface area contributed by atoms with Crippen molar-refractivity contribution in [2.75, 3.05) is 13.2 Å². The molecule has 6 heteroatoms. The van der Waals surface area contributed by atoms with Crippen LogP contribution in [0.4, 0.5) is 4.39 Å². The van der Waals surface area contributed by atoms with Crippen molar-refractivity contribution < 1.29 is 23.1 Å². The summed E-state index contributed by atoms with van der Waals surface area (Å²) in [5.41, 5.74) is 2.06. The predicted octanol–water partition coefficient (Wildman–Crippen LogP) is 6.68. The van der Waals surface area contributed by atoms with Crippen molar-refractivity contribution in [2.45, 2.75) is 26.2 Å². The fraction of sp³-hybridized carbons (Fsp3) is 0.200. The molecule has 0 spiro atoms. The molecule has 0 saturated carbocycles. The number of halogens is 1. The van der Waals surface area contributed by atoms with E-state index < -0.39 is 11.8 Å². The Kier molecular flexibility index (Phi) is 8.29. The number of hydrogen-bond donors (Lipinski definition) is 0. The molecule has 5 nitrogen and oxygen atoms in total. The average molecular weight is 487 g/mol. The van der Waals surface area contributed by atoms with Crippen LogP contribution in [0.2, 0.25) is 0 Å². The van der Waals surface area contributed by atoms with E-state index in [1.165, 1.54) is 11.6 Å². The molecule has 0 aliphatic carbocycles. The lowest BCUT2D eigenvalue weighted by molar-refractivity contribution is 0.0490. The van der Waals surface area contributed by atoms with Crippen molar-refractivity contribution in [1.29, 1.82) is 0 Å². The number of unbranched alkanes of at least 4 members (excludes halogenated alkanes) is 1. The van der Waals surface area contributed by atoms with E-state index in [2.05, 4.69) is 12.1 Å². The molecule has 1 heterocycles. The van der Waals surface area contributed by atoms with Crippen molar-refractivity contribution >= 4 is 29.1 Å². The lowest BCUT2D eigenvalue weighted by Gasteiger charge is -2.08. The Balaban J connectivity index is 1.43. The zero-order valence-corrected chi connectivity index (χ0v) is 20.0. The van der Waals surface area contributed by atoms with Gasteiger partial charge in [-0.05, 0) is 49.9 Å². The third-order valence-corrected chi connectivity index (χ3v) is 5.65. The van der Waals surface area contributed by atoms with E-state index >= 15 is 0 Å². The highest BCUT2D eigenvalue weighted by Gasteiger charge is 2.14. The molecule has 0 aliphatic heterocycles. The quantitative estimate of drug-likeness (QED) is 0.142. The first-order valence-corrected chi connectivity index (χ1v) is 11.9. The molecule has 4 aromatic rings. The Labute approximate surface area is 208 Å². The number of aryl methyl sites for hydroxylation is 1. The van der Waals surface area contributed by atoms with Gasteiger partial charge in [-0.3, -0.25) is 4.79 Å². The van der Waals surface area contributed by atoms with Crippen molar-refractivity contribution in [3.8, 4) is 5.75 Å². The Morgan fingerprint density at radius 3 is 2.53 bits per heavy atom. The summed E-state index contributed by atoms with van der Waals surface area (Å²) in [6.07, 6.45) is 6.08. The summed E-state index contributed by atoms with van der Waals surface area (Å²) in [7, 11) is 0. The van der Waals surface area contributed by atoms with Crippen LogP contribution in [0, 0.1) is 5.82 Å². The van der Waals surface area contributed by atoms with Gasteiger partial charge in [-0.25, -0.2) is 9.18 Å². The monoisotopic (exact) mass is 486 g/mol. The number of benzene rings is 3. The predicted molar refractivity (Wildman–Crippen MR) is 139 cm³/mol. The smallest absolute Gasteiger partial charge is 0.374 e. The van der Waals surface area contributed by atoms with Gasteiger partial charge in [0.1, 0.15) is 17.1 Å². The number of hydrogen-bond acceptors (Lipinski definition) is 5. The average Bonchev–Trinajstić information content (AvgIpc) is 2.89. The van der Waals surface area contributed by atoms with E-state index in [4.69, 9.17) is 13.9 Å². The van der Waals surface area contributed by atoms with Crippen LogP contribution in [0.1, 0.15) is 47.0 Å². The van der Waals surface area contributed by atoms with Crippen molar-refractivity contribution in [3.63, 3.8) is 0 Å². The number of esters is 1. The lowest BCUT2D eigenvalue weighted by Crippen LogP contribution is -2.10. The Hall–Kier alpha value is -4.19. The Morgan fingerprint density at radius 1 is 0.944 bits per heavy atom. The van der Waals surface area contributed by atoms with E-state index in [0.717, 1.165) is 25.3 Å². The number of carbonyl (C=O) groups excluding carboxylic acids is 1. The molecule has 36 heavy (non-hydrogen) atoms. The van der Waals surface area contributed by atoms with Gasteiger partial charge < -0.3 is 13.9 Å². The van der Waals surface area contributed by atoms with Crippen LogP contribution in [0.25, 0.3) is 23.1 Å². The van der Waals surface area contributed by atoms with Crippen LogP contribution in [-0.2, 0) is 11.2 Å². The second-order valence-corrected chi connectivity index (χ2v) is 8.23. The van der Waals surface area contributed by atoms with Crippen molar-refractivity contribution in [2.24, 2.45) is 0 Å². The zero-order chi connectivity index (χ0) is 25.3. The fourth-order valence-electron chi connectivity index (χ4n) is 3.81. The van der Waals surface area contributed by atoms with Crippen LogP contribution in [0.3, 0.4) is 0 Å². The highest BCUT2D eigenvalue weighted by atomic mass is 19.1. The van der Waals surface area contributed by atoms with Crippen molar-refractivity contribution in [1.82, 2.24) is 0 Å². The molecule has 4 rings (SSSR count). The summed E-state index contributed by atoms with van der Waals surface area (Å²) in [5, 5.41) is 0.321. The van der Waals surface area contributed by atoms with Crippen LogP contribution in [0.5, 0.6) is 5.75 Å². The molecule has 0 N–H and O–H groups in total. The molecule has 3 aromatic carbocycles. The zero-order valence-electron chi connectivity index (χ0n) is 20.0. The lowest BCUT2D eigenvalue weighted by atomic mass is 10.1. The number of rotatable bonds is 10. The molecule has 0 saturated heterocycles. The molecular weight excluding hydrogens is 459 g/mol. The molecule has 0 atom stereocenters. The standard InChI is InChI=1S/C30H27FO5/c1-2-34-30(33)28-20-27(32)25-13-8-12-23(29(25)36-28)15-14-22-16-17-24(19-26(22)31)35-18-7-6-11-21-9-4-3-5-10-21/h3-5,8-10,12-17,19-20H,2,6-7,11,18H2,1H3. The minimum absolute atomic E-state index is 0.162. The maximum atomic E-state index is 14.7. The van der Waals surface area contributed by atoms with E-state index in [-0.39, 0.29) is 23.4 Å². The van der Waals surface area contributed by atoms with Gasteiger partial charge in [0.2, 0.25) is 5.76 Å². The molecule has 0 amide bonds. The number of para-hydroxylation sites is 1. The van der Waals surface area contributed by atoms with Gasteiger partial charge >= 0.3 is 5.97 Å². The first kappa shape index (κ1) is 24.9. The molecule has 0 fully saturated rings. The first-order chi connectivity index (χ1) is 17.5. The summed E-state index contributed by atoms with van der Waals surface area (Å²) in [6.45, 7) is 2.34. The van der Waals surface area contributed by atoms with Gasteiger partial charge in [-0.1, -0.05) is 54.6 Å². The minimum Gasteiger partial charge on any atom is -0.493 e. The highest BCUT2D eigenvalue weighted by molar-refractivity contribution is 5.92. The summed E-state index contributed by atoms with van der Waals surface area (Å²) < 4.78 is 31.0. The van der Waals surface area contributed by atoms with Crippen molar-refractivity contribution in [3.05, 3.63) is 111 Å². The molecule has 0 aliphatic rings. The SMILES string of the molecule is CCOC(=O)c1cc(=O)c2cccc(C=Cc3ccc(OCCCCc4ccccc4)cc3F)c2o1. The molecule has 1 aromatic heterocycles. The van der Waals surface area contributed by atoms with Crippen LogP contribution < -0.4 is 10.2 Å². The number of fused-ring (bicyclic) bond motifs is 1. The molecule has 0 radical (unpaired) electrons. The molecule has 0 bridgehead atoms. The third kappa shape index (κ3) is 6.27. The maximum Gasteiger partial charge on any atom is 0.374 e. The third-order valence-electron chi connectivity index (χ3n) is 5.65. The largest absolute Gasteiger partial charge is 0.493 e.